The van der Waals surface area contributed by atoms with Crippen LogP contribution < -0.4 is 10.1 Å². The Morgan fingerprint density at radius 3 is 2.50 bits per heavy atom. The molecule has 0 aliphatic heterocycles. The second-order valence-electron chi connectivity index (χ2n) is 7.84. The lowest BCUT2D eigenvalue weighted by Gasteiger charge is -2.30. The van der Waals surface area contributed by atoms with Crippen LogP contribution in [0.4, 0.5) is 0 Å². The van der Waals surface area contributed by atoms with Crippen LogP contribution in [0.5, 0.6) is 5.75 Å². The SMILES string of the molecule is COc1cccc(CN(C(=O)Cc2ccc(Cl)cc2)[C@@H](C)C(=O)NC2CCCC2)c1. The number of hydrogen-bond acceptors (Lipinski definition) is 3. The van der Waals surface area contributed by atoms with Gasteiger partial charge in [0.15, 0.2) is 0 Å². The topological polar surface area (TPSA) is 58.6 Å². The molecule has 6 heteroatoms. The van der Waals surface area contributed by atoms with Crippen molar-refractivity contribution in [2.24, 2.45) is 0 Å². The van der Waals surface area contributed by atoms with E-state index in [0.717, 1.165) is 42.6 Å². The van der Waals surface area contributed by atoms with Gasteiger partial charge in [0.25, 0.3) is 0 Å². The average Bonchev–Trinajstić information content (AvgIpc) is 3.26. The highest BCUT2D eigenvalue weighted by atomic mass is 35.5. The normalized spacial score (nSPS) is 14.9. The monoisotopic (exact) mass is 428 g/mol. The molecule has 1 fully saturated rings. The van der Waals surface area contributed by atoms with Crippen LogP contribution in [0.3, 0.4) is 0 Å². The van der Waals surface area contributed by atoms with Gasteiger partial charge >= 0.3 is 0 Å². The number of carbonyl (C=O) groups is 2. The van der Waals surface area contributed by atoms with E-state index in [4.69, 9.17) is 16.3 Å². The number of amides is 2. The molecule has 1 aliphatic carbocycles. The Balaban J connectivity index is 1.77. The summed E-state index contributed by atoms with van der Waals surface area (Å²) in [6.45, 7) is 2.13. The van der Waals surface area contributed by atoms with Gasteiger partial charge in [-0.2, -0.15) is 0 Å². The zero-order valence-electron chi connectivity index (χ0n) is 17.6. The van der Waals surface area contributed by atoms with E-state index in [9.17, 15) is 9.59 Å². The molecule has 0 unspecified atom stereocenters. The van der Waals surface area contributed by atoms with Crippen molar-refractivity contribution in [1.82, 2.24) is 10.2 Å². The minimum absolute atomic E-state index is 0.103. The van der Waals surface area contributed by atoms with E-state index in [1.807, 2.05) is 36.4 Å². The van der Waals surface area contributed by atoms with E-state index in [0.29, 0.717) is 11.6 Å². The number of halogens is 1. The highest BCUT2D eigenvalue weighted by Gasteiger charge is 2.28. The predicted molar refractivity (Wildman–Crippen MR) is 119 cm³/mol. The van der Waals surface area contributed by atoms with Crippen LogP contribution in [-0.4, -0.2) is 35.9 Å². The Bertz CT molecular complexity index is 863. The van der Waals surface area contributed by atoms with Crippen LogP contribution in [0.15, 0.2) is 48.5 Å². The molecule has 30 heavy (non-hydrogen) atoms. The number of nitrogens with one attached hydrogen (secondary N) is 1. The number of hydrogen-bond donors (Lipinski definition) is 1. The van der Waals surface area contributed by atoms with Crippen molar-refractivity contribution in [2.45, 2.75) is 57.7 Å². The maximum atomic E-state index is 13.2. The minimum Gasteiger partial charge on any atom is -0.497 e. The number of carbonyl (C=O) groups excluding carboxylic acids is 2. The van der Waals surface area contributed by atoms with Gasteiger partial charge in [-0.25, -0.2) is 0 Å². The van der Waals surface area contributed by atoms with Crippen LogP contribution in [0.2, 0.25) is 5.02 Å². The lowest BCUT2D eigenvalue weighted by molar-refractivity contribution is -0.140. The summed E-state index contributed by atoms with van der Waals surface area (Å²) >= 11 is 5.96. The molecule has 1 atom stereocenters. The highest BCUT2D eigenvalue weighted by molar-refractivity contribution is 6.30. The molecule has 1 N–H and O–H groups in total. The van der Waals surface area contributed by atoms with Gasteiger partial charge in [0.05, 0.1) is 13.5 Å². The Labute approximate surface area is 183 Å². The van der Waals surface area contributed by atoms with Gasteiger partial charge in [0.2, 0.25) is 11.8 Å². The quantitative estimate of drug-likeness (QED) is 0.679. The summed E-state index contributed by atoms with van der Waals surface area (Å²) in [6.07, 6.45) is 4.51. The molecule has 2 amide bonds. The molecule has 1 aliphatic rings. The van der Waals surface area contributed by atoms with E-state index in [1.165, 1.54) is 0 Å². The molecule has 2 aromatic carbocycles. The molecule has 0 radical (unpaired) electrons. The summed E-state index contributed by atoms with van der Waals surface area (Å²) in [4.78, 5) is 27.8. The third-order valence-electron chi connectivity index (χ3n) is 5.62. The van der Waals surface area contributed by atoms with Gasteiger partial charge in [-0.1, -0.05) is 48.7 Å². The van der Waals surface area contributed by atoms with Crippen molar-refractivity contribution in [2.75, 3.05) is 7.11 Å². The molecule has 3 rings (SSSR count). The molecule has 160 valence electrons. The standard InChI is InChI=1S/C24H29ClN2O3/c1-17(24(29)26-21-7-3-4-8-21)27(16-19-6-5-9-22(14-19)30-2)23(28)15-18-10-12-20(25)13-11-18/h5-6,9-14,17,21H,3-4,7-8,15-16H2,1-2H3,(H,26,29)/t17-/m0/s1. The Morgan fingerprint density at radius 1 is 1.13 bits per heavy atom. The fourth-order valence-corrected chi connectivity index (χ4v) is 3.95. The second kappa shape index (κ2) is 10.5. The van der Waals surface area contributed by atoms with Crippen LogP contribution in [0.25, 0.3) is 0 Å². The first kappa shape index (κ1) is 22.2. The van der Waals surface area contributed by atoms with Crippen molar-refractivity contribution in [3.8, 4) is 5.75 Å². The van der Waals surface area contributed by atoms with Gasteiger partial charge in [-0.3, -0.25) is 9.59 Å². The van der Waals surface area contributed by atoms with Gasteiger partial charge in [-0.15, -0.1) is 0 Å². The number of methoxy groups -OCH3 is 1. The van der Waals surface area contributed by atoms with Crippen LogP contribution in [0, 0.1) is 0 Å². The molecule has 0 saturated heterocycles. The minimum atomic E-state index is -0.573. The first-order chi connectivity index (χ1) is 14.5. The summed E-state index contributed by atoms with van der Waals surface area (Å²) in [6, 6.07) is 14.4. The molecule has 0 heterocycles. The average molecular weight is 429 g/mol. The number of ether oxygens (including phenoxy) is 1. The fraction of sp³-hybridized carbons (Fsp3) is 0.417. The van der Waals surface area contributed by atoms with Crippen molar-refractivity contribution in [1.29, 1.82) is 0 Å². The summed E-state index contributed by atoms with van der Waals surface area (Å²) in [7, 11) is 1.61. The van der Waals surface area contributed by atoms with Crippen LogP contribution in [-0.2, 0) is 22.6 Å². The zero-order chi connectivity index (χ0) is 21.5. The first-order valence-corrected chi connectivity index (χ1v) is 10.8. The largest absolute Gasteiger partial charge is 0.497 e. The summed E-state index contributed by atoms with van der Waals surface area (Å²) in [5.74, 6) is 0.518. The lowest BCUT2D eigenvalue weighted by Crippen LogP contribution is -2.50. The molecular formula is C24H29ClN2O3. The van der Waals surface area contributed by atoms with E-state index in [2.05, 4.69) is 5.32 Å². The van der Waals surface area contributed by atoms with Crippen molar-refractivity contribution in [3.63, 3.8) is 0 Å². The van der Waals surface area contributed by atoms with Gasteiger partial charge in [0, 0.05) is 17.6 Å². The Kier molecular flexibility index (Phi) is 7.75. The molecular weight excluding hydrogens is 400 g/mol. The van der Waals surface area contributed by atoms with Gasteiger partial charge in [0.1, 0.15) is 11.8 Å². The second-order valence-corrected chi connectivity index (χ2v) is 8.28. The maximum absolute atomic E-state index is 13.2. The van der Waals surface area contributed by atoms with Gasteiger partial charge < -0.3 is 15.0 Å². The molecule has 1 saturated carbocycles. The summed E-state index contributed by atoms with van der Waals surface area (Å²) in [5, 5.41) is 3.75. The predicted octanol–water partition coefficient (Wildman–Crippen LogP) is 4.37. The number of nitrogens with zero attached hydrogens (tertiary/aromatic N) is 1. The Hall–Kier alpha value is -2.53. The number of rotatable bonds is 8. The van der Waals surface area contributed by atoms with E-state index >= 15 is 0 Å². The van der Waals surface area contributed by atoms with Crippen molar-refractivity contribution in [3.05, 3.63) is 64.7 Å². The van der Waals surface area contributed by atoms with Crippen molar-refractivity contribution < 1.29 is 14.3 Å². The maximum Gasteiger partial charge on any atom is 0.242 e. The molecule has 2 aromatic rings. The van der Waals surface area contributed by atoms with Gasteiger partial charge in [-0.05, 0) is 55.2 Å². The molecule has 0 spiro atoms. The van der Waals surface area contributed by atoms with E-state index in [-0.39, 0.29) is 24.3 Å². The first-order valence-electron chi connectivity index (χ1n) is 10.4. The Morgan fingerprint density at radius 2 is 1.83 bits per heavy atom. The van der Waals surface area contributed by atoms with Crippen LogP contribution >= 0.6 is 11.6 Å². The van der Waals surface area contributed by atoms with E-state index in [1.54, 1.807) is 31.1 Å². The number of benzene rings is 2. The highest BCUT2D eigenvalue weighted by Crippen LogP contribution is 2.20. The van der Waals surface area contributed by atoms with Crippen LogP contribution in [0.1, 0.15) is 43.7 Å². The molecule has 5 nitrogen and oxygen atoms in total. The van der Waals surface area contributed by atoms with E-state index < -0.39 is 6.04 Å². The fourth-order valence-electron chi connectivity index (χ4n) is 3.82. The smallest absolute Gasteiger partial charge is 0.242 e. The zero-order valence-corrected chi connectivity index (χ0v) is 18.3. The summed E-state index contributed by atoms with van der Waals surface area (Å²) in [5.41, 5.74) is 1.78. The lowest BCUT2D eigenvalue weighted by atomic mass is 10.1. The summed E-state index contributed by atoms with van der Waals surface area (Å²) < 4.78 is 5.31. The van der Waals surface area contributed by atoms with Crippen molar-refractivity contribution >= 4 is 23.4 Å². The molecule has 0 bridgehead atoms. The molecule has 0 aromatic heterocycles. The third-order valence-corrected chi connectivity index (χ3v) is 5.88. The third kappa shape index (κ3) is 5.99.